The summed E-state index contributed by atoms with van der Waals surface area (Å²) in [6.45, 7) is 2.06. The van der Waals surface area contributed by atoms with Gasteiger partial charge in [0.05, 0.1) is 0 Å². The Bertz CT molecular complexity index is 233. The molecule has 0 saturated heterocycles. The molecule has 0 aliphatic carbocycles. The number of phenolic OH excluding ortho intramolecular Hbond substituents is 1. The summed E-state index contributed by atoms with van der Waals surface area (Å²) < 4.78 is 1.06. The number of aromatic hydroxyl groups is 1. The fourth-order valence-corrected chi connectivity index (χ4v) is 1.36. The van der Waals surface area contributed by atoms with E-state index in [1.165, 1.54) is 0 Å². The number of aryl methyl sites for hydroxylation is 1. The molecular weight excluding hydrogens is 192 g/mol. The number of rotatable bonds is 1. The minimum Gasteiger partial charge on any atom is -0.508 e. The van der Waals surface area contributed by atoms with Gasteiger partial charge in [-0.1, -0.05) is 22.9 Å². The highest BCUT2D eigenvalue weighted by molar-refractivity contribution is 9.10. The van der Waals surface area contributed by atoms with Gasteiger partial charge in [-0.15, -0.1) is 0 Å². The van der Waals surface area contributed by atoms with Crippen molar-refractivity contribution in [2.45, 2.75) is 13.3 Å². The molecule has 0 aliphatic heterocycles. The summed E-state index contributed by atoms with van der Waals surface area (Å²) >= 11 is 3.38. The molecule has 0 spiro atoms. The number of benzene rings is 1. The van der Waals surface area contributed by atoms with Crippen molar-refractivity contribution in [1.29, 1.82) is 0 Å². The molecule has 54 valence electrons. The van der Waals surface area contributed by atoms with Crippen LogP contribution in [0.15, 0.2) is 22.7 Å². The summed E-state index contributed by atoms with van der Waals surface area (Å²) in [6, 6.07) is 5.29. The van der Waals surface area contributed by atoms with Crippen molar-refractivity contribution in [3.8, 4) is 5.75 Å². The molecule has 1 N–H and O–H groups in total. The van der Waals surface area contributed by atoms with Gasteiger partial charge in [0, 0.05) is 4.47 Å². The van der Waals surface area contributed by atoms with Crippen molar-refractivity contribution >= 4 is 15.9 Å². The van der Waals surface area contributed by atoms with Gasteiger partial charge in [-0.3, -0.25) is 0 Å². The quantitative estimate of drug-likeness (QED) is 0.740. The first-order valence-corrected chi connectivity index (χ1v) is 4.00. The highest BCUT2D eigenvalue weighted by atomic mass is 79.9. The third-order valence-electron chi connectivity index (χ3n) is 1.41. The zero-order valence-corrected chi connectivity index (χ0v) is 7.35. The number of hydrogen-bond donors (Lipinski definition) is 1. The molecule has 0 heterocycles. The van der Waals surface area contributed by atoms with E-state index in [1.807, 2.05) is 6.07 Å². The van der Waals surface area contributed by atoms with Crippen molar-refractivity contribution in [3.63, 3.8) is 0 Å². The first-order valence-electron chi connectivity index (χ1n) is 3.21. The van der Waals surface area contributed by atoms with Gasteiger partial charge in [-0.25, -0.2) is 0 Å². The van der Waals surface area contributed by atoms with E-state index in [2.05, 4.69) is 22.9 Å². The van der Waals surface area contributed by atoms with Gasteiger partial charge in [0.2, 0.25) is 0 Å². The van der Waals surface area contributed by atoms with Crippen LogP contribution in [-0.2, 0) is 6.42 Å². The van der Waals surface area contributed by atoms with Crippen molar-refractivity contribution in [2.24, 2.45) is 0 Å². The van der Waals surface area contributed by atoms with Crippen LogP contribution in [0.4, 0.5) is 0 Å². The van der Waals surface area contributed by atoms with E-state index in [0.717, 1.165) is 16.5 Å². The summed E-state index contributed by atoms with van der Waals surface area (Å²) in [4.78, 5) is 0. The Labute approximate surface area is 68.8 Å². The summed E-state index contributed by atoms with van der Waals surface area (Å²) in [7, 11) is 0. The van der Waals surface area contributed by atoms with E-state index in [9.17, 15) is 0 Å². The van der Waals surface area contributed by atoms with E-state index in [0.29, 0.717) is 5.75 Å². The molecule has 0 bridgehead atoms. The summed E-state index contributed by atoms with van der Waals surface area (Å²) in [5, 5.41) is 9.05. The van der Waals surface area contributed by atoms with E-state index >= 15 is 0 Å². The zero-order chi connectivity index (χ0) is 7.56. The third-order valence-corrected chi connectivity index (χ3v) is 2.18. The average Bonchev–Trinajstić information content (AvgIpc) is 1.94. The Morgan fingerprint density at radius 2 is 2.20 bits per heavy atom. The maximum atomic E-state index is 9.05. The number of hydrogen-bond acceptors (Lipinski definition) is 1. The maximum Gasteiger partial charge on any atom is 0.115 e. The minimum atomic E-state index is 0.333. The molecular formula is C8H9BrO. The van der Waals surface area contributed by atoms with Crippen LogP contribution in [0.3, 0.4) is 0 Å². The highest BCUT2D eigenvalue weighted by Crippen LogP contribution is 2.21. The second kappa shape index (κ2) is 3.06. The fourth-order valence-electron chi connectivity index (χ4n) is 0.832. The molecule has 10 heavy (non-hydrogen) atoms. The van der Waals surface area contributed by atoms with Crippen LogP contribution in [0.1, 0.15) is 12.5 Å². The average molecular weight is 201 g/mol. The monoisotopic (exact) mass is 200 g/mol. The van der Waals surface area contributed by atoms with E-state index in [1.54, 1.807) is 12.1 Å². The fraction of sp³-hybridized carbons (Fsp3) is 0.250. The molecule has 0 atom stereocenters. The van der Waals surface area contributed by atoms with Gasteiger partial charge in [-0.05, 0) is 30.2 Å². The molecule has 0 radical (unpaired) electrons. The molecule has 1 rings (SSSR count). The molecule has 1 aromatic rings. The van der Waals surface area contributed by atoms with Crippen LogP contribution >= 0.6 is 15.9 Å². The largest absolute Gasteiger partial charge is 0.508 e. The number of halogens is 1. The molecule has 0 saturated carbocycles. The second-order valence-corrected chi connectivity index (χ2v) is 2.98. The van der Waals surface area contributed by atoms with Crippen LogP contribution < -0.4 is 0 Å². The molecule has 0 amide bonds. The summed E-state index contributed by atoms with van der Waals surface area (Å²) in [5.74, 6) is 0.333. The molecule has 0 aromatic heterocycles. The predicted molar refractivity (Wildman–Crippen MR) is 45.2 cm³/mol. The molecule has 0 unspecified atom stereocenters. The van der Waals surface area contributed by atoms with E-state index < -0.39 is 0 Å². The Hall–Kier alpha value is -0.500. The Morgan fingerprint density at radius 3 is 2.70 bits per heavy atom. The lowest BCUT2D eigenvalue weighted by molar-refractivity contribution is 0.474. The van der Waals surface area contributed by atoms with Gasteiger partial charge >= 0.3 is 0 Å². The molecule has 1 nitrogen and oxygen atoms in total. The second-order valence-electron chi connectivity index (χ2n) is 2.13. The minimum absolute atomic E-state index is 0.333. The lowest BCUT2D eigenvalue weighted by atomic mass is 10.2. The summed E-state index contributed by atoms with van der Waals surface area (Å²) in [5.41, 5.74) is 1.14. The van der Waals surface area contributed by atoms with Crippen molar-refractivity contribution in [1.82, 2.24) is 0 Å². The lowest BCUT2D eigenvalue weighted by Crippen LogP contribution is -1.80. The van der Waals surface area contributed by atoms with Gasteiger partial charge in [0.1, 0.15) is 5.75 Å². The normalized spacial score (nSPS) is 9.80. The highest BCUT2D eigenvalue weighted by Gasteiger charge is 1.96. The van der Waals surface area contributed by atoms with Crippen LogP contribution in [0.2, 0.25) is 0 Å². The lowest BCUT2D eigenvalue weighted by Gasteiger charge is -1.99. The van der Waals surface area contributed by atoms with Gasteiger partial charge in [0.15, 0.2) is 0 Å². The standard InChI is InChI=1S/C8H9BrO/c1-2-6-5-7(10)3-4-8(6)9/h3-5,10H,2H2,1H3. The molecule has 2 heteroatoms. The Kier molecular flexibility index (Phi) is 2.33. The predicted octanol–water partition coefficient (Wildman–Crippen LogP) is 2.72. The maximum absolute atomic E-state index is 9.05. The Balaban J connectivity index is 3.09. The van der Waals surface area contributed by atoms with Gasteiger partial charge < -0.3 is 5.11 Å². The Morgan fingerprint density at radius 1 is 1.50 bits per heavy atom. The van der Waals surface area contributed by atoms with Gasteiger partial charge in [-0.2, -0.15) is 0 Å². The number of phenols is 1. The van der Waals surface area contributed by atoms with Crippen molar-refractivity contribution in [3.05, 3.63) is 28.2 Å². The van der Waals surface area contributed by atoms with Crippen molar-refractivity contribution in [2.75, 3.05) is 0 Å². The molecule has 0 aliphatic rings. The van der Waals surface area contributed by atoms with Crippen LogP contribution in [0, 0.1) is 0 Å². The SMILES string of the molecule is CCc1cc(O)ccc1Br. The van der Waals surface area contributed by atoms with Crippen molar-refractivity contribution < 1.29 is 5.11 Å². The van der Waals surface area contributed by atoms with Gasteiger partial charge in [0.25, 0.3) is 0 Å². The van der Waals surface area contributed by atoms with Crippen LogP contribution in [-0.4, -0.2) is 5.11 Å². The topological polar surface area (TPSA) is 20.2 Å². The van der Waals surface area contributed by atoms with E-state index in [4.69, 9.17) is 5.11 Å². The smallest absolute Gasteiger partial charge is 0.115 e. The van der Waals surface area contributed by atoms with Crippen LogP contribution in [0.5, 0.6) is 5.75 Å². The van der Waals surface area contributed by atoms with E-state index in [-0.39, 0.29) is 0 Å². The third kappa shape index (κ3) is 1.51. The first kappa shape index (κ1) is 7.61. The summed E-state index contributed by atoms with van der Waals surface area (Å²) in [6.07, 6.45) is 0.939. The molecule has 0 fully saturated rings. The van der Waals surface area contributed by atoms with Crippen LogP contribution in [0.25, 0.3) is 0 Å². The molecule has 1 aromatic carbocycles. The zero-order valence-electron chi connectivity index (χ0n) is 5.76. The first-order chi connectivity index (χ1) is 4.74.